The number of nitrogens with one attached hydrogen (secondary N) is 1. The molecule has 2 heterocycles. The van der Waals surface area contributed by atoms with E-state index in [9.17, 15) is 0 Å². The molecule has 0 aromatic carbocycles. The number of aromatic nitrogens is 1. The highest BCUT2D eigenvalue weighted by Crippen LogP contribution is 2.11. The van der Waals surface area contributed by atoms with E-state index in [-0.39, 0.29) is 0 Å². The molecule has 7 nitrogen and oxygen atoms in total. The Morgan fingerprint density at radius 2 is 2.12 bits per heavy atom. The predicted octanol–water partition coefficient (Wildman–Crippen LogP) is 1.82. The van der Waals surface area contributed by atoms with Gasteiger partial charge in [0.1, 0.15) is 6.26 Å². The van der Waals surface area contributed by atoms with Gasteiger partial charge in [0.2, 0.25) is 0 Å². The van der Waals surface area contributed by atoms with Crippen molar-refractivity contribution in [3.63, 3.8) is 0 Å². The van der Waals surface area contributed by atoms with E-state index in [0.717, 1.165) is 63.9 Å². The van der Waals surface area contributed by atoms with E-state index in [4.69, 9.17) is 9.26 Å². The highest BCUT2D eigenvalue weighted by molar-refractivity contribution is 5.79. The highest BCUT2D eigenvalue weighted by atomic mass is 16.5. The van der Waals surface area contributed by atoms with Gasteiger partial charge in [-0.25, -0.2) is 0 Å². The molecule has 1 saturated heterocycles. The predicted molar refractivity (Wildman–Crippen MR) is 99.6 cm³/mol. The van der Waals surface area contributed by atoms with Crippen LogP contribution >= 0.6 is 0 Å². The third kappa shape index (κ3) is 6.32. The number of piperazine rings is 1. The number of hydrogen-bond acceptors (Lipinski definition) is 5. The molecule has 0 bridgehead atoms. The van der Waals surface area contributed by atoms with Crippen LogP contribution in [0.15, 0.2) is 21.8 Å². The molecule has 1 unspecified atom stereocenters. The maximum Gasteiger partial charge on any atom is 0.193 e. The Morgan fingerprint density at radius 3 is 2.68 bits per heavy atom. The molecule has 2 rings (SSSR count). The largest absolute Gasteiger partial charge is 0.378 e. The molecule has 25 heavy (non-hydrogen) atoms. The molecule has 0 radical (unpaired) electrons. The second-order valence-corrected chi connectivity index (χ2v) is 6.75. The molecule has 1 fully saturated rings. The SMILES string of the molecule is CCOC(CCNC(=NC)N1CCN(Cc2ccon2)CC1)C(C)C. The van der Waals surface area contributed by atoms with Gasteiger partial charge in [0.05, 0.1) is 11.8 Å². The summed E-state index contributed by atoms with van der Waals surface area (Å²) in [6, 6.07) is 1.93. The summed E-state index contributed by atoms with van der Waals surface area (Å²) in [6.45, 7) is 12.9. The van der Waals surface area contributed by atoms with Crippen molar-refractivity contribution in [1.82, 2.24) is 20.3 Å². The first-order valence-corrected chi connectivity index (χ1v) is 9.32. The summed E-state index contributed by atoms with van der Waals surface area (Å²) in [7, 11) is 1.85. The van der Waals surface area contributed by atoms with Crippen LogP contribution < -0.4 is 5.32 Å². The smallest absolute Gasteiger partial charge is 0.193 e. The fourth-order valence-corrected chi connectivity index (χ4v) is 3.15. The number of ether oxygens (including phenoxy) is 1. The van der Waals surface area contributed by atoms with E-state index in [2.05, 4.69) is 46.0 Å². The molecule has 0 amide bonds. The van der Waals surface area contributed by atoms with Crippen molar-refractivity contribution in [2.45, 2.75) is 39.8 Å². The lowest BCUT2D eigenvalue weighted by Gasteiger charge is -2.36. The Balaban J connectivity index is 1.72. The number of rotatable bonds is 8. The first-order chi connectivity index (χ1) is 12.1. The third-order valence-electron chi connectivity index (χ3n) is 4.60. The summed E-state index contributed by atoms with van der Waals surface area (Å²) in [5.74, 6) is 1.52. The van der Waals surface area contributed by atoms with Crippen molar-refractivity contribution >= 4 is 5.96 Å². The highest BCUT2D eigenvalue weighted by Gasteiger charge is 2.20. The van der Waals surface area contributed by atoms with Crippen LogP contribution in [0.2, 0.25) is 0 Å². The molecule has 142 valence electrons. The average molecular weight is 351 g/mol. The van der Waals surface area contributed by atoms with Crippen LogP contribution in [0.5, 0.6) is 0 Å². The summed E-state index contributed by atoms with van der Waals surface area (Å²) in [5.41, 5.74) is 0.992. The minimum Gasteiger partial charge on any atom is -0.378 e. The molecule has 1 aliphatic heterocycles. The molecular formula is C18H33N5O2. The third-order valence-corrected chi connectivity index (χ3v) is 4.60. The minimum absolute atomic E-state index is 0.301. The second kappa shape index (κ2) is 10.4. The first kappa shape index (κ1) is 19.7. The van der Waals surface area contributed by atoms with Gasteiger partial charge in [0, 0.05) is 59.0 Å². The number of aliphatic imine (C=N–C) groups is 1. The standard InChI is InChI=1S/C18H33N5O2/c1-5-24-17(15(2)3)6-8-20-18(19-4)23-11-9-22(10-12-23)14-16-7-13-25-21-16/h7,13,15,17H,5-6,8-12,14H2,1-4H3,(H,19,20). The molecule has 1 atom stereocenters. The van der Waals surface area contributed by atoms with Crippen molar-refractivity contribution in [2.75, 3.05) is 46.4 Å². The number of guanidine groups is 1. The van der Waals surface area contributed by atoms with Gasteiger partial charge in [0.25, 0.3) is 0 Å². The number of nitrogens with zero attached hydrogens (tertiary/aromatic N) is 4. The van der Waals surface area contributed by atoms with Crippen LogP contribution in [0.3, 0.4) is 0 Å². The van der Waals surface area contributed by atoms with Gasteiger partial charge in [-0.15, -0.1) is 0 Å². The van der Waals surface area contributed by atoms with Gasteiger partial charge in [-0.1, -0.05) is 19.0 Å². The molecule has 1 aromatic heterocycles. The average Bonchev–Trinajstić information content (AvgIpc) is 3.11. The molecule has 1 aliphatic rings. The summed E-state index contributed by atoms with van der Waals surface area (Å²) < 4.78 is 10.7. The normalized spacial score (nSPS) is 18.0. The molecule has 0 aliphatic carbocycles. The quantitative estimate of drug-likeness (QED) is 0.569. The van der Waals surface area contributed by atoms with Gasteiger partial charge in [-0.2, -0.15) is 0 Å². The zero-order valence-electron chi connectivity index (χ0n) is 16.1. The summed E-state index contributed by atoms with van der Waals surface area (Å²) in [4.78, 5) is 9.16. The lowest BCUT2D eigenvalue weighted by Crippen LogP contribution is -2.52. The van der Waals surface area contributed by atoms with Crippen molar-refractivity contribution in [2.24, 2.45) is 10.9 Å². The van der Waals surface area contributed by atoms with Crippen LogP contribution in [0.1, 0.15) is 32.9 Å². The molecule has 1 N–H and O–H groups in total. The van der Waals surface area contributed by atoms with Gasteiger partial charge in [-0.3, -0.25) is 9.89 Å². The van der Waals surface area contributed by atoms with Gasteiger partial charge >= 0.3 is 0 Å². The summed E-state index contributed by atoms with van der Waals surface area (Å²) >= 11 is 0. The Labute approximate surface area is 151 Å². The molecule has 0 saturated carbocycles. The van der Waals surface area contributed by atoms with E-state index in [0.29, 0.717) is 12.0 Å². The monoisotopic (exact) mass is 351 g/mol. The van der Waals surface area contributed by atoms with E-state index >= 15 is 0 Å². The molecule has 1 aromatic rings. The van der Waals surface area contributed by atoms with E-state index in [1.807, 2.05) is 13.1 Å². The van der Waals surface area contributed by atoms with Gasteiger partial charge in [0.15, 0.2) is 5.96 Å². The minimum atomic E-state index is 0.301. The van der Waals surface area contributed by atoms with Crippen molar-refractivity contribution in [3.8, 4) is 0 Å². The fraction of sp³-hybridized carbons (Fsp3) is 0.778. The Hall–Kier alpha value is -1.60. The lowest BCUT2D eigenvalue weighted by atomic mass is 10.0. The first-order valence-electron chi connectivity index (χ1n) is 9.32. The van der Waals surface area contributed by atoms with E-state index in [1.54, 1.807) is 6.26 Å². The summed E-state index contributed by atoms with van der Waals surface area (Å²) in [6.07, 6.45) is 2.93. The zero-order chi connectivity index (χ0) is 18.1. The maximum atomic E-state index is 5.81. The van der Waals surface area contributed by atoms with E-state index in [1.165, 1.54) is 0 Å². The zero-order valence-corrected chi connectivity index (χ0v) is 16.1. The lowest BCUT2D eigenvalue weighted by molar-refractivity contribution is 0.0257. The van der Waals surface area contributed by atoms with Crippen molar-refractivity contribution in [1.29, 1.82) is 0 Å². The topological polar surface area (TPSA) is 66.1 Å². The van der Waals surface area contributed by atoms with Crippen LogP contribution in [0.4, 0.5) is 0 Å². The number of hydrogen-bond donors (Lipinski definition) is 1. The molecular weight excluding hydrogens is 318 g/mol. The Morgan fingerprint density at radius 1 is 1.36 bits per heavy atom. The molecule has 7 heteroatoms. The Kier molecular flexibility index (Phi) is 8.21. The van der Waals surface area contributed by atoms with Crippen molar-refractivity contribution in [3.05, 3.63) is 18.0 Å². The van der Waals surface area contributed by atoms with Gasteiger partial charge in [-0.05, 0) is 19.3 Å². The van der Waals surface area contributed by atoms with Crippen LogP contribution in [0.25, 0.3) is 0 Å². The fourth-order valence-electron chi connectivity index (χ4n) is 3.15. The van der Waals surface area contributed by atoms with E-state index < -0.39 is 0 Å². The van der Waals surface area contributed by atoms with Crippen LogP contribution in [-0.4, -0.2) is 73.4 Å². The second-order valence-electron chi connectivity index (χ2n) is 6.75. The Bertz CT molecular complexity index is 496. The maximum absolute atomic E-state index is 5.81. The molecule has 0 spiro atoms. The van der Waals surface area contributed by atoms with Gasteiger partial charge < -0.3 is 19.5 Å². The van der Waals surface area contributed by atoms with Crippen LogP contribution in [0, 0.1) is 5.92 Å². The van der Waals surface area contributed by atoms with Crippen LogP contribution in [-0.2, 0) is 11.3 Å². The summed E-state index contributed by atoms with van der Waals surface area (Å²) in [5, 5.41) is 7.48. The van der Waals surface area contributed by atoms with Crippen molar-refractivity contribution < 1.29 is 9.26 Å².